The Kier molecular flexibility index (Phi) is 5.99. The van der Waals surface area contributed by atoms with Crippen LogP contribution in [0.1, 0.15) is 27.9 Å². The van der Waals surface area contributed by atoms with Crippen molar-refractivity contribution in [3.05, 3.63) is 47.0 Å². The first kappa shape index (κ1) is 21.2. The van der Waals surface area contributed by atoms with E-state index < -0.39 is 0 Å². The van der Waals surface area contributed by atoms with E-state index >= 15 is 0 Å². The van der Waals surface area contributed by atoms with Crippen molar-refractivity contribution in [2.45, 2.75) is 20.3 Å². The van der Waals surface area contributed by atoms with E-state index in [0.29, 0.717) is 23.6 Å². The number of anilines is 1. The number of amides is 1. The first-order chi connectivity index (χ1) is 15.6. The van der Waals surface area contributed by atoms with Crippen LogP contribution in [-0.4, -0.2) is 62.0 Å². The molecule has 0 atom stereocenters. The van der Waals surface area contributed by atoms with Gasteiger partial charge in [0.25, 0.3) is 5.91 Å². The Hall–Kier alpha value is -2.68. The predicted octanol–water partition coefficient (Wildman–Crippen LogP) is 4.01. The fourth-order valence-corrected chi connectivity index (χ4v) is 5.25. The zero-order chi connectivity index (χ0) is 22.1. The molecule has 1 fully saturated rings. The summed E-state index contributed by atoms with van der Waals surface area (Å²) in [4.78, 5) is 22.7. The minimum atomic E-state index is -0.0698. The molecule has 0 aliphatic carbocycles. The highest BCUT2D eigenvalue weighted by Crippen LogP contribution is 2.36. The van der Waals surface area contributed by atoms with Crippen molar-refractivity contribution in [1.29, 1.82) is 0 Å². The summed E-state index contributed by atoms with van der Waals surface area (Å²) in [6.07, 6.45) is 0.865. The Morgan fingerprint density at radius 1 is 1.09 bits per heavy atom. The molecule has 0 saturated carbocycles. The largest absolute Gasteiger partial charge is 0.454 e. The van der Waals surface area contributed by atoms with Gasteiger partial charge in [-0.15, -0.1) is 0 Å². The SMILES string of the molecule is Cc1ccc(C)c2sc(N(CCCN3CCOCC3)C(=O)c3ccc4c(c3)OCO4)nc12. The lowest BCUT2D eigenvalue weighted by atomic mass is 10.1. The Morgan fingerprint density at radius 3 is 2.69 bits per heavy atom. The molecule has 1 amide bonds. The van der Waals surface area contributed by atoms with Crippen LogP contribution in [0.15, 0.2) is 30.3 Å². The molecule has 0 radical (unpaired) electrons. The number of fused-ring (bicyclic) bond motifs is 2. The Bertz CT molecular complexity index is 1100. The van der Waals surface area contributed by atoms with Crippen molar-refractivity contribution in [1.82, 2.24) is 9.88 Å². The van der Waals surface area contributed by atoms with Gasteiger partial charge in [0, 0.05) is 31.7 Å². The summed E-state index contributed by atoms with van der Waals surface area (Å²) in [6.45, 7) is 9.30. The molecule has 2 aromatic carbocycles. The Balaban J connectivity index is 1.43. The fourth-order valence-electron chi connectivity index (χ4n) is 4.11. The number of nitrogens with zero attached hydrogens (tertiary/aromatic N) is 3. The number of carbonyl (C=O) groups excluding carboxylic acids is 1. The molecule has 0 N–H and O–H groups in total. The molecule has 8 heteroatoms. The summed E-state index contributed by atoms with van der Waals surface area (Å²) in [5.74, 6) is 1.21. The summed E-state index contributed by atoms with van der Waals surface area (Å²) < 4.78 is 17.5. The number of ether oxygens (including phenoxy) is 3. The molecular formula is C24H27N3O4S. The highest BCUT2D eigenvalue weighted by Gasteiger charge is 2.25. The zero-order valence-electron chi connectivity index (χ0n) is 18.4. The number of carbonyl (C=O) groups is 1. The van der Waals surface area contributed by atoms with Gasteiger partial charge in [-0.25, -0.2) is 4.98 Å². The van der Waals surface area contributed by atoms with Crippen molar-refractivity contribution in [3.63, 3.8) is 0 Å². The number of benzene rings is 2. The molecule has 3 heterocycles. The number of hydrogen-bond donors (Lipinski definition) is 0. The second-order valence-electron chi connectivity index (χ2n) is 8.21. The monoisotopic (exact) mass is 453 g/mol. The molecule has 1 aromatic heterocycles. The maximum absolute atomic E-state index is 13.6. The number of rotatable bonds is 6. The highest BCUT2D eigenvalue weighted by atomic mass is 32.1. The number of aromatic nitrogens is 1. The summed E-state index contributed by atoms with van der Waals surface area (Å²) in [5.41, 5.74) is 3.85. The lowest BCUT2D eigenvalue weighted by Crippen LogP contribution is -2.39. The number of morpholine rings is 1. The van der Waals surface area contributed by atoms with Gasteiger partial charge in [-0.3, -0.25) is 14.6 Å². The van der Waals surface area contributed by atoms with E-state index in [1.807, 2.05) is 4.90 Å². The lowest BCUT2D eigenvalue weighted by Gasteiger charge is -2.27. The number of aryl methyl sites for hydroxylation is 2. The first-order valence-electron chi connectivity index (χ1n) is 11.0. The van der Waals surface area contributed by atoms with Crippen molar-refractivity contribution in [3.8, 4) is 11.5 Å². The van der Waals surface area contributed by atoms with Crippen LogP contribution in [0.4, 0.5) is 5.13 Å². The molecule has 0 spiro atoms. The van der Waals surface area contributed by atoms with E-state index in [0.717, 1.165) is 60.2 Å². The van der Waals surface area contributed by atoms with Gasteiger partial charge in [0.15, 0.2) is 16.6 Å². The van der Waals surface area contributed by atoms with Crippen LogP contribution < -0.4 is 14.4 Å². The van der Waals surface area contributed by atoms with E-state index in [4.69, 9.17) is 19.2 Å². The van der Waals surface area contributed by atoms with E-state index in [2.05, 4.69) is 30.9 Å². The molecule has 1 saturated heterocycles. The third kappa shape index (κ3) is 4.18. The maximum Gasteiger partial charge on any atom is 0.260 e. The molecule has 0 bridgehead atoms. The fraction of sp³-hybridized carbons (Fsp3) is 0.417. The molecule has 168 valence electrons. The highest BCUT2D eigenvalue weighted by molar-refractivity contribution is 7.22. The summed E-state index contributed by atoms with van der Waals surface area (Å²) in [7, 11) is 0. The van der Waals surface area contributed by atoms with Crippen molar-refractivity contribution in [2.24, 2.45) is 0 Å². The summed E-state index contributed by atoms with van der Waals surface area (Å²) in [6, 6.07) is 9.57. The van der Waals surface area contributed by atoms with Crippen molar-refractivity contribution < 1.29 is 19.0 Å². The lowest BCUT2D eigenvalue weighted by molar-refractivity contribution is 0.0376. The normalized spacial score (nSPS) is 15.9. The average Bonchev–Trinajstić information content (AvgIpc) is 3.47. The van der Waals surface area contributed by atoms with Crippen LogP contribution in [-0.2, 0) is 4.74 Å². The third-order valence-corrected chi connectivity index (χ3v) is 7.20. The van der Waals surface area contributed by atoms with E-state index in [1.54, 1.807) is 29.5 Å². The maximum atomic E-state index is 13.6. The quantitative estimate of drug-likeness (QED) is 0.562. The topological polar surface area (TPSA) is 64.1 Å². The summed E-state index contributed by atoms with van der Waals surface area (Å²) >= 11 is 1.59. The summed E-state index contributed by atoms with van der Waals surface area (Å²) in [5, 5.41) is 0.738. The Labute approximate surface area is 191 Å². The van der Waals surface area contributed by atoms with Gasteiger partial charge in [-0.1, -0.05) is 23.5 Å². The van der Waals surface area contributed by atoms with E-state index in [-0.39, 0.29) is 12.7 Å². The molecule has 2 aliphatic rings. The molecular weight excluding hydrogens is 426 g/mol. The second kappa shape index (κ2) is 9.05. The van der Waals surface area contributed by atoms with Gasteiger partial charge in [-0.2, -0.15) is 0 Å². The molecule has 5 rings (SSSR count). The zero-order valence-corrected chi connectivity index (χ0v) is 19.2. The van der Waals surface area contributed by atoms with Crippen LogP contribution in [0.3, 0.4) is 0 Å². The van der Waals surface area contributed by atoms with Gasteiger partial charge in [-0.05, 0) is 49.6 Å². The van der Waals surface area contributed by atoms with Gasteiger partial charge in [0.05, 0.1) is 23.4 Å². The molecule has 2 aliphatic heterocycles. The molecule has 7 nitrogen and oxygen atoms in total. The first-order valence-corrected chi connectivity index (χ1v) is 11.8. The van der Waals surface area contributed by atoms with Gasteiger partial charge < -0.3 is 14.2 Å². The number of hydrogen-bond acceptors (Lipinski definition) is 7. The van der Waals surface area contributed by atoms with Crippen molar-refractivity contribution >= 4 is 32.6 Å². The van der Waals surface area contributed by atoms with Crippen molar-refractivity contribution in [2.75, 3.05) is 51.1 Å². The van der Waals surface area contributed by atoms with Crippen LogP contribution >= 0.6 is 11.3 Å². The van der Waals surface area contributed by atoms with Crippen LogP contribution in [0.25, 0.3) is 10.2 Å². The van der Waals surface area contributed by atoms with Crippen LogP contribution in [0.2, 0.25) is 0 Å². The molecule has 3 aromatic rings. The standard InChI is InChI=1S/C24H27N3O4S/c1-16-4-5-17(2)22-21(16)25-24(32-22)27(9-3-8-26-10-12-29-13-11-26)23(28)18-6-7-19-20(14-18)31-15-30-19/h4-7,14H,3,8-13,15H2,1-2H3. The smallest absolute Gasteiger partial charge is 0.260 e. The minimum absolute atomic E-state index is 0.0698. The predicted molar refractivity (Wildman–Crippen MR) is 125 cm³/mol. The molecule has 32 heavy (non-hydrogen) atoms. The third-order valence-electron chi connectivity index (χ3n) is 5.99. The average molecular weight is 454 g/mol. The van der Waals surface area contributed by atoms with Crippen LogP contribution in [0.5, 0.6) is 11.5 Å². The number of thiazole rings is 1. The molecule has 0 unspecified atom stereocenters. The van der Waals surface area contributed by atoms with E-state index in [1.165, 1.54) is 5.56 Å². The van der Waals surface area contributed by atoms with Crippen LogP contribution in [0, 0.1) is 13.8 Å². The van der Waals surface area contributed by atoms with E-state index in [9.17, 15) is 4.79 Å². The Morgan fingerprint density at radius 2 is 1.88 bits per heavy atom. The van der Waals surface area contributed by atoms with Gasteiger partial charge >= 0.3 is 0 Å². The van der Waals surface area contributed by atoms with Gasteiger partial charge in [0.1, 0.15) is 0 Å². The minimum Gasteiger partial charge on any atom is -0.454 e. The second-order valence-corrected chi connectivity index (χ2v) is 9.18. The van der Waals surface area contributed by atoms with Gasteiger partial charge in [0.2, 0.25) is 6.79 Å².